The molecule has 0 aromatic heterocycles. The Morgan fingerprint density at radius 2 is 1.92 bits per heavy atom. The van der Waals surface area contributed by atoms with E-state index in [1.165, 1.54) is 16.7 Å². The number of likely N-dealkylation sites (N-methyl/N-ethyl adjacent to an activating group) is 1. The molecule has 0 bridgehead atoms. The fourth-order valence-corrected chi connectivity index (χ4v) is 3.15. The van der Waals surface area contributed by atoms with Crippen LogP contribution in [0.1, 0.15) is 6.92 Å². The SMILES string of the molecule is CCOc1ccc(SCC(=O)N(C)CC(=O)Nc2cccc(Cl)c2)cc1. The minimum absolute atomic E-state index is 0.0187. The van der Waals surface area contributed by atoms with Crippen molar-refractivity contribution in [2.24, 2.45) is 0 Å². The van der Waals surface area contributed by atoms with E-state index in [-0.39, 0.29) is 24.1 Å². The first kappa shape index (κ1) is 20.1. The van der Waals surface area contributed by atoms with Gasteiger partial charge in [-0.2, -0.15) is 0 Å². The van der Waals surface area contributed by atoms with Crippen molar-refractivity contribution >= 4 is 40.9 Å². The third kappa shape index (κ3) is 6.61. The summed E-state index contributed by atoms with van der Waals surface area (Å²) in [4.78, 5) is 26.6. The largest absolute Gasteiger partial charge is 0.494 e. The van der Waals surface area contributed by atoms with Crippen molar-refractivity contribution in [3.05, 3.63) is 53.6 Å². The normalized spacial score (nSPS) is 10.3. The molecule has 7 heteroatoms. The number of nitrogens with zero attached hydrogens (tertiary/aromatic N) is 1. The number of rotatable bonds is 8. The zero-order valence-electron chi connectivity index (χ0n) is 14.7. The molecule has 2 rings (SSSR count). The molecule has 5 nitrogen and oxygen atoms in total. The highest BCUT2D eigenvalue weighted by Crippen LogP contribution is 2.21. The molecule has 0 unspecified atom stereocenters. The van der Waals surface area contributed by atoms with Gasteiger partial charge in [0, 0.05) is 22.7 Å². The number of amides is 2. The summed E-state index contributed by atoms with van der Waals surface area (Å²) in [6.45, 7) is 2.53. The van der Waals surface area contributed by atoms with E-state index in [2.05, 4.69) is 5.32 Å². The van der Waals surface area contributed by atoms with E-state index in [4.69, 9.17) is 16.3 Å². The Balaban J connectivity index is 1.78. The van der Waals surface area contributed by atoms with E-state index < -0.39 is 0 Å². The van der Waals surface area contributed by atoms with Crippen molar-refractivity contribution in [1.82, 2.24) is 4.90 Å². The maximum absolute atomic E-state index is 12.2. The Bertz CT molecular complexity index is 753. The van der Waals surface area contributed by atoms with Crippen LogP contribution < -0.4 is 10.1 Å². The third-order valence-corrected chi connectivity index (χ3v) is 4.64. The number of ether oxygens (including phenoxy) is 1. The summed E-state index contributed by atoms with van der Waals surface area (Å²) in [5, 5.41) is 3.26. The van der Waals surface area contributed by atoms with Crippen LogP contribution >= 0.6 is 23.4 Å². The Kier molecular flexibility index (Phi) is 7.81. The van der Waals surface area contributed by atoms with E-state index in [0.29, 0.717) is 17.3 Å². The van der Waals surface area contributed by atoms with Gasteiger partial charge in [0.15, 0.2) is 0 Å². The molecule has 0 saturated carbocycles. The minimum atomic E-state index is -0.269. The van der Waals surface area contributed by atoms with E-state index in [0.717, 1.165) is 10.6 Å². The van der Waals surface area contributed by atoms with Gasteiger partial charge in [-0.3, -0.25) is 9.59 Å². The van der Waals surface area contributed by atoms with E-state index in [9.17, 15) is 9.59 Å². The molecular formula is C19H21ClN2O3S. The molecule has 0 aliphatic heterocycles. The lowest BCUT2D eigenvalue weighted by atomic mass is 10.3. The summed E-state index contributed by atoms with van der Waals surface area (Å²) in [7, 11) is 1.61. The summed E-state index contributed by atoms with van der Waals surface area (Å²) < 4.78 is 5.39. The summed E-state index contributed by atoms with van der Waals surface area (Å²) in [5.41, 5.74) is 0.604. The van der Waals surface area contributed by atoms with Crippen LogP contribution in [0.4, 0.5) is 5.69 Å². The second-order valence-electron chi connectivity index (χ2n) is 5.50. The maximum Gasteiger partial charge on any atom is 0.243 e. The Morgan fingerprint density at radius 1 is 1.19 bits per heavy atom. The average Bonchev–Trinajstić information content (AvgIpc) is 2.61. The molecule has 26 heavy (non-hydrogen) atoms. The molecule has 1 N–H and O–H groups in total. The molecule has 0 fully saturated rings. The first-order valence-electron chi connectivity index (χ1n) is 8.13. The number of hydrogen-bond donors (Lipinski definition) is 1. The smallest absolute Gasteiger partial charge is 0.243 e. The Hall–Kier alpha value is -2.18. The first-order valence-corrected chi connectivity index (χ1v) is 9.49. The highest BCUT2D eigenvalue weighted by atomic mass is 35.5. The summed E-state index contributed by atoms with van der Waals surface area (Å²) in [5.74, 6) is 0.673. The lowest BCUT2D eigenvalue weighted by Gasteiger charge is -2.16. The average molecular weight is 393 g/mol. The number of hydrogen-bond acceptors (Lipinski definition) is 4. The molecule has 0 atom stereocenters. The number of nitrogens with one attached hydrogen (secondary N) is 1. The molecule has 0 saturated heterocycles. The van der Waals surface area contributed by atoms with Crippen LogP contribution in [0.25, 0.3) is 0 Å². The maximum atomic E-state index is 12.2. The van der Waals surface area contributed by atoms with Gasteiger partial charge in [-0.25, -0.2) is 0 Å². The Morgan fingerprint density at radius 3 is 2.58 bits per heavy atom. The number of halogens is 1. The van der Waals surface area contributed by atoms with E-state index in [1.54, 1.807) is 31.3 Å². The van der Waals surface area contributed by atoms with E-state index >= 15 is 0 Å². The van der Waals surface area contributed by atoms with Gasteiger partial charge in [0.25, 0.3) is 0 Å². The van der Waals surface area contributed by atoms with Gasteiger partial charge in [0.1, 0.15) is 5.75 Å². The molecule has 0 radical (unpaired) electrons. The van der Waals surface area contributed by atoms with Crippen LogP contribution in [0.3, 0.4) is 0 Å². The van der Waals surface area contributed by atoms with Gasteiger partial charge in [-0.15, -0.1) is 11.8 Å². The van der Waals surface area contributed by atoms with Crippen LogP contribution in [-0.4, -0.2) is 42.7 Å². The second-order valence-corrected chi connectivity index (χ2v) is 6.99. The molecule has 2 amide bonds. The zero-order valence-corrected chi connectivity index (χ0v) is 16.3. The highest BCUT2D eigenvalue weighted by Gasteiger charge is 2.13. The van der Waals surface area contributed by atoms with Crippen molar-refractivity contribution < 1.29 is 14.3 Å². The lowest BCUT2D eigenvalue weighted by Crippen LogP contribution is -2.35. The Labute approximate surface area is 162 Å². The fourth-order valence-electron chi connectivity index (χ4n) is 2.12. The van der Waals surface area contributed by atoms with Crippen LogP contribution in [0.5, 0.6) is 5.75 Å². The van der Waals surface area contributed by atoms with Gasteiger partial charge >= 0.3 is 0 Å². The predicted octanol–water partition coefficient (Wildman–Crippen LogP) is 3.93. The van der Waals surface area contributed by atoms with Gasteiger partial charge in [0.2, 0.25) is 11.8 Å². The van der Waals surface area contributed by atoms with Gasteiger partial charge in [-0.1, -0.05) is 17.7 Å². The molecule has 2 aromatic carbocycles. The quantitative estimate of drug-likeness (QED) is 0.691. The summed E-state index contributed by atoms with van der Waals surface area (Å²) in [6, 6.07) is 14.4. The third-order valence-electron chi connectivity index (χ3n) is 3.41. The topological polar surface area (TPSA) is 58.6 Å². The molecule has 138 valence electrons. The number of carbonyl (C=O) groups excluding carboxylic acids is 2. The van der Waals surface area contributed by atoms with Crippen molar-refractivity contribution in [2.45, 2.75) is 11.8 Å². The summed E-state index contributed by atoms with van der Waals surface area (Å²) >= 11 is 7.31. The summed E-state index contributed by atoms with van der Waals surface area (Å²) in [6.07, 6.45) is 0. The van der Waals surface area contributed by atoms with Crippen molar-refractivity contribution in [3.63, 3.8) is 0 Å². The molecular weight excluding hydrogens is 372 g/mol. The second kappa shape index (κ2) is 10.1. The monoisotopic (exact) mass is 392 g/mol. The van der Waals surface area contributed by atoms with E-state index in [1.807, 2.05) is 31.2 Å². The molecule has 2 aromatic rings. The van der Waals surface area contributed by atoms with Gasteiger partial charge in [-0.05, 0) is 49.4 Å². The minimum Gasteiger partial charge on any atom is -0.494 e. The number of anilines is 1. The molecule has 0 spiro atoms. The number of thioether (sulfide) groups is 1. The van der Waals surface area contributed by atoms with Crippen LogP contribution in [0, 0.1) is 0 Å². The van der Waals surface area contributed by atoms with Crippen LogP contribution in [0.15, 0.2) is 53.4 Å². The predicted molar refractivity (Wildman–Crippen MR) is 106 cm³/mol. The van der Waals surface area contributed by atoms with Gasteiger partial charge in [0.05, 0.1) is 18.9 Å². The lowest BCUT2D eigenvalue weighted by molar-refractivity contribution is -0.131. The number of benzene rings is 2. The zero-order chi connectivity index (χ0) is 18.9. The number of carbonyl (C=O) groups is 2. The fraction of sp³-hybridized carbons (Fsp3) is 0.263. The highest BCUT2D eigenvalue weighted by molar-refractivity contribution is 8.00. The standard InChI is InChI=1S/C19H21ClN2O3S/c1-3-25-16-7-9-17(10-8-16)26-13-19(24)22(2)12-18(23)21-15-6-4-5-14(20)11-15/h4-11H,3,12-13H2,1-2H3,(H,21,23). The van der Waals surface area contributed by atoms with Crippen LogP contribution in [0.2, 0.25) is 5.02 Å². The first-order chi connectivity index (χ1) is 12.5. The van der Waals surface area contributed by atoms with Gasteiger partial charge < -0.3 is 15.0 Å². The molecule has 0 aliphatic rings. The van der Waals surface area contributed by atoms with Crippen molar-refractivity contribution in [1.29, 1.82) is 0 Å². The van der Waals surface area contributed by atoms with Crippen LogP contribution in [-0.2, 0) is 9.59 Å². The van der Waals surface area contributed by atoms with Crippen molar-refractivity contribution in [3.8, 4) is 5.75 Å². The van der Waals surface area contributed by atoms with Crippen molar-refractivity contribution in [2.75, 3.05) is 31.3 Å². The molecule has 0 aliphatic carbocycles. The molecule has 0 heterocycles.